The maximum Gasteiger partial charge on any atom is 0.329 e. The molecule has 3 N–H and O–H groups in total. The predicted molar refractivity (Wildman–Crippen MR) is 148 cm³/mol. The maximum absolute atomic E-state index is 12.2. The van der Waals surface area contributed by atoms with Gasteiger partial charge in [-0.15, -0.1) is 0 Å². The average molecular weight is 517 g/mol. The SMILES string of the molecule is CCCCOc1ccc(NC(=O)C(=O)N/N=C\c2cccc(OCC(=O)Nc3ccc(C)c(C)c3)c2)cc1. The van der Waals surface area contributed by atoms with Gasteiger partial charge in [-0.2, -0.15) is 5.10 Å². The fourth-order valence-corrected chi connectivity index (χ4v) is 3.22. The quantitative estimate of drug-likeness (QED) is 0.149. The Morgan fingerprint density at radius 3 is 2.32 bits per heavy atom. The van der Waals surface area contributed by atoms with Crippen LogP contribution in [0.2, 0.25) is 0 Å². The van der Waals surface area contributed by atoms with Crippen molar-refractivity contribution in [3.63, 3.8) is 0 Å². The zero-order valence-electron chi connectivity index (χ0n) is 21.7. The van der Waals surface area contributed by atoms with E-state index in [2.05, 4.69) is 28.1 Å². The summed E-state index contributed by atoms with van der Waals surface area (Å²) in [5.74, 6) is -0.910. The van der Waals surface area contributed by atoms with Gasteiger partial charge < -0.3 is 20.1 Å². The van der Waals surface area contributed by atoms with Crippen molar-refractivity contribution in [2.75, 3.05) is 23.8 Å². The summed E-state index contributed by atoms with van der Waals surface area (Å²) >= 11 is 0. The van der Waals surface area contributed by atoms with E-state index in [1.54, 1.807) is 48.5 Å². The second-order valence-electron chi connectivity index (χ2n) is 8.59. The summed E-state index contributed by atoms with van der Waals surface area (Å²) in [6, 6.07) is 19.3. The first kappa shape index (κ1) is 27.9. The predicted octanol–water partition coefficient (Wildman–Crippen LogP) is 4.59. The minimum atomic E-state index is -0.917. The van der Waals surface area contributed by atoms with Crippen LogP contribution < -0.4 is 25.5 Å². The number of ether oxygens (including phenoxy) is 2. The number of benzene rings is 3. The van der Waals surface area contributed by atoms with Gasteiger partial charge in [-0.1, -0.05) is 31.5 Å². The molecule has 0 aliphatic rings. The smallest absolute Gasteiger partial charge is 0.329 e. The highest BCUT2D eigenvalue weighted by atomic mass is 16.5. The van der Waals surface area contributed by atoms with Crippen molar-refractivity contribution in [2.24, 2.45) is 5.10 Å². The van der Waals surface area contributed by atoms with Gasteiger partial charge in [0.15, 0.2) is 6.61 Å². The highest BCUT2D eigenvalue weighted by Crippen LogP contribution is 2.17. The van der Waals surface area contributed by atoms with Crippen molar-refractivity contribution >= 4 is 35.3 Å². The number of hydrogen-bond donors (Lipinski definition) is 3. The molecule has 3 amide bonds. The molecule has 3 aromatic rings. The van der Waals surface area contributed by atoms with Gasteiger partial charge in [-0.25, -0.2) is 5.43 Å². The zero-order chi connectivity index (χ0) is 27.3. The highest BCUT2D eigenvalue weighted by Gasteiger charge is 2.13. The number of carbonyl (C=O) groups is 3. The lowest BCUT2D eigenvalue weighted by Gasteiger charge is -2.09. The van der Waals surface area contributed by atoms with Crippen molar-refractivity contribution in [1.82, 2.24) is 5.43 Å². The summed E-state index contributed by atoms with van der Waals surface area (Å²) in [6.07, 6.45) is 3.37. The number of anilines is 2. The lowest BCUT2D eigenvalue weighted by Crippen LogP contribution is -2.32. The third-order valence-electron chi connectivity index (χ3n) is 5.48. The van der Waals surface area contributed by atoms with Gasteiger partial charge in [0.25, 0.3) is 5.91 Å². The second-order valence-corrected chi connectivity index (χ2v) is 8.59. The monoisotopic (exact) mass is 516 g/mol. The molecule has 38 heavy (non-hydrogen) atoms. The first-order valence-electron chi connectivity index (χ1n) is 12.3. The van der Waals surface area contributed by atoms with Gasteiger partial charge in [0.05, 0.1) is 12.8 Å². The first-order chi connectivity index (χ1) is 18.3. The Hall–Kier alpha value is -4.66. The normalized spacial score (nSPS) is 10.6. The number of nitrogens with one attached hydrogen (secondary N) is 3. The molecule has 0 aliphatic heterocycles. The van der Waals surface area contributed by atoms with Crippen LogP contribution in [0.25, 0.3) is 0 Å². The average Bonchev–Trinajstić information content (AvgIpc) is 2.91. The second kappa shape index (κ2) is 14.2. The summed E-state index contributed by atoms with van der Waals surface area (Å²) in [6.45, 7) is 6.52. The Bertz CT molecular complexity index is 1290. The number of carbonyl (C=O) groups excluding carboxylic acids is 3. The van der Waals surface area contributed by atoms with Crippen LogP contribution in [-0.4, -0.2) is 37.1 Å². The Labute approximate surface area is 222 Å². The van der Waals surface area contributed by atoms with E-state index in [4.69, 9.17) is 9.47 Å². The van der Waals surface area contributed by atoms with Gasteiger partial charge in [0, 0.05) is 11.4 Å². The number of nitrogens with zero attached hydrogens (tertiary/aromatic N) is 1. The minimum Gasteiger partial charge on any atom is -0.494 e. The molecule has 3 rings (SSSR count). The van der Waals surface area contributed by atoms with Crippen molar-refractivity contribution in [1.29, 1.82) is 0 Å². The molecular weight excluding hydrogens is 484 g/mol. The zero-order valence-corrected chi connectivity index (χ0v) is 21.7. The number of aryl methyl sites for hydroxylation is 2. The lowest BCUT2D eigenvalue weighted by molar-refractivity contribution is -0.136. The van der Waals surface area contributed by atoms with Gasteiger partial charge in [-0.05, 0) is 85.5 Å². The summed E-state index contributed by atoms with van der Waals surface area (Å²) in [4.78, 5) is 36.4. The summed E-state index contributed by atoms with van der Waals surface area (Å²) in [5.41, 5.74) is 6.20. The first-order valence-corrected chi connectivity index (χ1v) is 12.3. The number of rotatable bonds is 11. The van der Waals surface area contributed by atoms with E-state index in [1.807, 2.05) is 32.0 Å². The molecule has 0 atom stereocenters. The van der Waals surface area contributed by atoms with Crippen molar-refractivity contribution in [3.05, 3.63) is 83.4 Å². The number of hydrazone groups is 1. The Balaban J connectivity index is 1.44. The molecule has 9 nitrogen and oxygen atoms in total. The largest absolute Gasteiger partial charge is 0.494 e. The molecule has 0 aromatic heterocycles. The standard InChI is InChI=1S/C29H32N4O5/c1-4-5-15-37-25-13-11-23(12-14-25)32-28(35)29(36)33-30-18-22-7-6-8-26(17-22)38-19-27(34)31-24-10-9-20(2)21(3)16-24/h6-14,16-18H,4-5,15,19H2,1-3H3,(H,31,34)(H,32,35)(H,33,36)/b30-18-. The van der Waals surface area contributed by atoms with E-state index in [1.165, 1.54) is 6.21 Å². The molecule has 0 spiro atoms. The van der Waals surface area contributed by atoms with Crippen molar-refractivity contribution in [2.45, 2.75) is 33.6 Å². The fraction of sp³-hybridized carbons (Fsp3) is 0.241. The van der Waals surface area contributed by atoms with Crippen LogP contribution >= 0.6 is 0 Å². The lowest BCUT2D eigenvalue weighted by atomic mass is 10.1. The van der Waals surface area contributed by atoms with Gasteiger partial charge >= 0.3 is 11.8 Å². The third kappa shape index (κ3) is 9.09. The van der Waals surface area contributed by atoms with Crippen LogP contribution in [0.3, 0.4) is 0 Å². The van der Waals surface area contributed by atoms with E-state index >= 15 is 0 Å². The van der Waals surface area contributed by atoms with E-state index in [0.29, 0.717) is 35.0 Å². The van der Waals surface area contributed by atoms with Crippen LogP contribution in [0.15, 0.2) is 71.8 Å². The number of hydrogen-bond acceptors (Lipinski definition) is 6. The van der Waals surface area contributed by atoms with Gasteiger partial charge in [-0.3, -0.25) is 14.4 Å². The van der Waals surface area contributed by atoms with Crippen LogP contribution in [0.1, 0.15) is 36.5 Å². The molecule has 0 heterocycles. The van der Waals surface area contributed by atoms with Crippen LogP contribution in [0.4, 0.5) is 11.4 Å². The minimum absolute atomic E-state index is 0.170. The maximum atomic E-state index is 12.2. The number of unbranched alkanes of at least 4 members (excludes halogenated alkanes) is 1. The summed E-state index contributed by atoms with van der Waals surface area (Å²) < 4.78 is 11.1. The van der Waals surface area contributed by atoms with Crippen LogP contribution in [-0.2, 0) is 14.4 Å². The Kier molecular flexibility index (Phi) is 10.4. The molecule has 3 aromatic carbocycles. The van der Waals surface area contributed by atoms with E-state index in [-0.39, 0.29) is 12.5 Å². The van der Waals surface area contributed by atoms with Crippen molar-refractivity contribution < 1.29 is 23.9 Å². The molecule has 0 unspecified atom stereocenters. The van der Waals surface area contributed by atoms with Gasteiger partial charge in [0.1, 0.15) is 11.5 Å². The van der Waals surface area contributed by atoms with Crippen LogP contribution in [0, 0.1) is 13.8 Å². The third-order valence-corrected chi connectivity index (χ3v) is 5.48. The Morgan fingerprint density at radius 2 is 1.58 bits per heavy atom. The highest BCUT2D eigenvalue weighted by molar-refractivity contribution is 6.39. The summed E-state index contributed by atoms with van der Waals surface area (Å²) in [7, 11) is 0. The summed E-state index contributed by atoms with van der Waals surface area (Å²) in [5, 5.41) is 9.13. The molecular formula is C29H32N4O5. The van der Waals surface area contributed by atoms with E-state index in [0.717, 1.165) is 24.0 Å². The van der Waals surface area contributed by atoms with Crippen LogP contribution in [0.5, 0.6) is 11.5 Å². The van der Waals surface area contributed by atoms with E-state index in [9.17, 15) is 14.4 Å². The topological polar surface area (TPSA) is 118 Å². The van der Waals surface area contributed by atoms with E-state index < -0.39 is 11.8 Å². The fourth-order valence-electron chi connectivity index (χ4n) is 3.22. The molecule has 0 bridgehead atoms. The molecule has 0 aliphatic carbocycles. The number of amides is 3. The molecule has 0 radical (unpaired) electrons. The molecule has 0 saturated carbocycles. The molecule has 198 valence electrons. The molecule has 0 saturated heterocycles. The van der Waals surface area contributed by atoms with Gasteiger partial charge in [0.2, 0.25) is 0 Å². The molecule has 0 fully saturated rings. The molecule has 9 heteroatoms. The van der Waals surface area contributed by atoms with Crippen molar-refractivity contribution in [3.8, 4) is 11.5 Å². The Morgan fingerprint density at radius 1 is 0.816 bits per heavy atom.